The van der Waals surface area contributed by atoms with Gasteiger partial charge in [0.1, 0.15) is 0 Å². The lowest BCUT2D eigenvalue weighted by molar-refractivity contribution is -0.153. The average Bonchev–Trinajstić information content (AvgIpc) is 3.49. The maximum atomic E-state index is 12.4. The molecule has 0 spiro atoms. The summed E-state index contributed by atoms with van der Waals surface area (Å²) in [4.78, 5) is 23.2. The van der Waals surface area contributed by atoms with E-state index in [1.54, 1.807) is 0 Å². The van der Waals surface area contributed by atoms with Gasteiger partial charge in [-0.15, -0.1) is 0 Å². The van der Waals surface area contributed by atoms with Gasteiger partial charge in [-0.25, -0.2) is 4.79 Å². The molecule has 4 heteroatoms. The second-order valence-corrected chi connectivity index (χ2v) is 11.0. The molecule has 178 valence electrons. The van der Waals surface area contributed by atoms with Gasteiger partial charge in [-0.2, -0.15) is 9.78 Å². The van der Waals surface area contributed by atoms with E-state index >= 15 is 0 Å². The first-order valence-electron chi connectivity index (χ1n) is 12.7. The smallest absolute Gasteiger partial charge is 0.370 e. The molecule has 2 atom stereocenters. The summed E-state index contributed by atoms with van der Waals surface area (Å²) in [6, 6.07) is 0. The topological polar surface area (TPSA) is 62.4 Å². The molecular formula is C26H50O4. The van der Waals surface area contributed by atoms with Crippen LogP contribution in [0.1, 0.15) is 132 Å². The fourth-order valence-electron chi connectivity index (χ4n) is 5.19. The second-order valence-electron chi connectivity index (χ2n) is 11.0. The quantitative estimate of drug-likeness (QED) is 0.188. The molecule has 1 saturated heterocycles. The Bertz CT molecular complexity index is 472. The maximum Gasteiger partial charge on any atom is 0.370 e. The van der Waals surface area contributed by atoms with Crippen molar-refractivity contribution in [3.63, 3.8) is 0 Å². The van der Waals surface area contributed by atoms with E-state index < -0.39 is 17.2 Å². The first kappa shape index (κ1) is 27.4. The highest BCUT2D eigenvalue weighted by atomic mass is 17.4. The molecule has 0 aliphatic carbocycles. The standard InChI is InChI=1S/C26H50O4/c1-8-12-15-21(10-3)19-25(18-14-17-24(5,6)7,26(23(27)28)29-30-26)20-22(11-4)16-13-9-2/h21-22H,8-20H2,1-7H3,(H,27,28). The fraction of sp³-hybridized carbons (Fsp3) is 0.962. The zero-order valence-corrected chi connectivity index (χ0v) is 21.0. The van der Waals surface area contributed by atoms with E-state index in [-0.39, 0.29) is 5.41 Å². The molecule has 1 aliphatic heterocycles. The van der Waals surface area contributed by atoms with Gasteiger partial charge in [-0.3, -0.25) is 0 Å². The first-order chi connectivity index (χ1) is 14.1. The van der Waals surface area contributed by atoms with Crippen molar-refractivity contribution in [2.75, 3.05) is 0 Å². The number of carbonyl (C=O) groups is 1. The molecule has 0 aromatic rings. The molecule has 0 radical (unpaired) electrons. The van der Waals surface area contributed by atoms with Crippen LogP contribution in [0, 0.1) is 22.7 Å². The first-order valence-corrected chi connectivity index (χ1v) is 12.7. The van der Waals surface area contributed by atoms with Crippen LogP contribution in [-0.2, 0) is 14.6 Å². The number of aliphatic carboxylic acids is 1. The molecule has 4 nitrogen and oxygen atoms in total. The Morgan fingerprint density at radius 3 is 1.60 bits per heavy atom. The van der Waals surface area contributed by atoms with E-state index in [1.807, 2.05) is 0 Å². The summed E-state index contributed by atoms with van der Waals surface area (Å²) in [5.74, 6) is -1.34. The zero-order chi connectivity index (χ0) is 22.8. The summed E-state index contributed by atoms with van der Waals surface area (Å²) >= 11 is 0. The molecular weight excluding hydrogens is 376 g/mol. The van der Waals surface area contributed by atoms with Gasteiger partial charge in [-0.1, -0.05) is 106 Å². The largest absolute Gasteiger partial charge is 0.477 e. The third-order valence-electron chi connectivity index (χ3n) is 7.26. The Balaban J connectivity index is 3.24. The van der Waals surface area contributed by atoms with Gasteiger partial charge in [0.2, 0.25) is 0 Å². The molecule has 1 aliphatic rings. The van der Waals surface area contributed by atoms with Crippen molar-refractivity contribution in [1.82, 2.24) is 0 Å². The van der Waals surface area contributed by atoms with E-state index in [0.717, 1.165) is 57.8 Å². The van der Waals surface area contributed by atoms with Crippen molar-refractivity contribution in [1.29, 1.82) is 0 Å². The van der Waals surface area contributed by atoms with Crippen LogP contribution in [0.4, 0.5) is 0 Å². The molecule has 1 heterocycles. The van der Waals surface area contributed by atoms with Crippen molar-refractivity contribution in [2.24, 2.45) is 22.7 Å². The molecule has 1 rings (SSSR count). The molecule has 0 aromatic carbocycles. The van der Waals surface area contributed by atoms with E-state index in [0.29, 0.717) is 11.8 Å². The van der Waals surface area contributed by atoms with E-state index in [4.69, 9.17) is 9.78 Å². The van der Waals surface area contributed by atoms with E-state index in [9.17, 15) is 9.90 Å². The number of rotatable bonds is 17. The minimum absolute atomic E-state index is 0.242. The predicted octanol–water partition coefficient (Wildman–Crippen LogP) is 8.14. The summed E-state index contributed by atoms with van der Waals surface area (Å²) in [5, 5.41) is 10.2. The van der Waals surface area contributed by atoms with E-state index in [1.165, 1.54) is 25.7 Å². The van der Waals surface area contributed by atoms with Crippen LogP contribution in [0.15, 0.2) is 0 Å². The number of unbranched alkanes of at least 4 members (excludes halogenated alkanes) is 2. The fourth-order valence-corrected chi connectivity index (χ4v) is 5.19. The highest BCUT2D eigenvalue weighted by Crippen LogP contribution is 2.58. The summed E-state index contributed by atoms with van der Waals surface area (Å²) in [6.07, 6.45) is 14.0. The van der Waals surface area contributed by atoms with Gasteiger partial charge in [0.05, 0.1) is 0 Å². The minimum atomic E-state index is -1.44. The highest BCUT2D eigenvalue weighted by molar-refractivity contribution is 5.78. The SMILES string of the molecule is CCCCC(CC)CC(CCCC(C)(C)C)(CC(CC)CCCC)C1(C(=O)O)OO1. The lowest BCUT2D eigenvalue weighted by atomic mass is 9.63. The van der Waals surface area contributed by atoms with Crippen molar-refractivity contribution < 1.29 is 19.7 Å². The summed E-state index contributed by atoms with van der Waals surface area (Å²) in [6.45, 7) is 15.7. The molecule has 0 amide bonds. The molecule has 1 fully saturated rings. The maximum absolute atomic E-state index is 12.4. The number of carboxylic acids is 1. The van der Waals surface area contributed by atoms with Crippen LogP contribution in [0.2, 0.25) is 0 Å². The lowest BCUT2D eigenvalue weighted by Crippen LogP contribution is -2.47. The Kier molecular flexibility index (Phi) is 11.4. The van der Waals surface area contributed by atoms with Crippen molar-refractivity contribution in [3.8, 4) is 0 Å². The normalized spacial score (nSPS) is 19.8. The van der Waals surface area contributed by atoms with Crippen LogP contribution in [0.25, 0.3) is 0 Å². The Labute approximate surface area is 186 Å². The zero-order valence-electron chi connectivity index (χ0n) is 21.0. The van der Waals surface area contributed by atoms with Gasteiger partial charge in [0.15, 0.2) is 0 Å². The Morgan fingerprint density at radius 2 is 1.30 bits per heavy atom. The molecule has 30 heavy (non-hydrogen) atoms. The summed E-state index contributed by atoms with van der Waals surface area (Å²) in [7, 11) is 0. The minimum Gasteiger partial charge on any atom is -0.477 e. The predicted molar refractivity (Wildman–Crippen MR) is 124 cm³/mol. The Morgan fingerprint density at radius 1 is 0.833 bits per heavy atom. The number of hydrogen-bond donors (Lipinski definition) is 1. The molecule has 1 N–H and O–H groups in total. The molecule has 0 aromatic heterocycles. The lowest BCUT2D eigenvalue weighted by Gasteiger charge is -2.40. The third-order valence-corrected chi connectivity index (χ3v) is 7.26. The number of carboxylic acid groups (broad SMARTS) is 1. The van der Waals surface area contributed by atoms with Crippen molar-refractivity contribution in [3.05, 3.63) is 0 Å². The van der Waals surface area contributed by atoms with Crippen LogP contribution >= 0.6 is 0 Å². The van der Waals surface area contributed by atoms with Gasteiger partial charge in [0.25, 0.3) is 0 Å². The van der Waals surface area contributed by atoms with Crippen LogP contribution in [-0.4, -0.2) is 16.9 Å². The number of hydrogen-bond acceptors (Lipinski definition) is 3. The van der Waals surface area contributed by atoms with Crippen LogP contribution in [0.3, 0.4) is 0 Å². The molecule has 2 unspecified atom stereocenters. The Hall–Kier alpha value is -0.610. The summed E-state index contributed by atoms with van der Waals surface area (Å²) in [5.41, 5.74) is -0.209. The molecule has 0 saturated carbocycles. The second kappa shape index (κ2) is 12.4. The monoisotopic (exact) mass is 426 g/mol. The van der Waals surface area contributed by atoms with Crippen LogP contribution < -0.4 is 0 Å². The third kappa shape index (κ3) is 7.82. The van der Waals surface area contributed by atoms with Gasteiger partial charge < -0.3 is 5.11 Å². The molecule has 0 bridgehead atoms. The average molecular weight is 427 g/mol. The summed E-state index contributed by atoms with van der Waals surface area (Å²) < 4.78 is 0. The van der Waals surface area contributed by atoms with Gasteiger partial charge >= 0.3 is 11.8 Å². The van der Waals surface area contributed by atoms with Crippen molar-refractivity contribution >= 4 is 5.97 Å². The van der Waals surface area contributed by atoms with Crippen LogP contribution in [0.5, 0.6) is 0 Å². The van der Waals surface area contributed by atoms with E-state index in [2.05, 4.69) is 48.5 Å². The van der Waals surface area contributed by atoms with Gasteiger partial charge in [0, 0.05) is 5.41 Å². The van der Waals surface area contributed by atoms with Crippen molar-refractivity contribution in [2.45, 2.75) is 138 Å². The van der Waals surface area contributed by atoms with Gasteiger partial charge in [-0.05, 0) is 42.9 Å². The highest BCUT2D eigenvalue weighted by Gasteiger charge is 2.71.